The average molecular weight is 777 g/mol. The van der Waals surface area contributed by atoms with Crippen LogP contribution in [0, 0.1) is 20.2 Å². The number of aromatic nitrogens is 1. The Labute approximate surface area is 305 Å². The third-order valence-electron chi connectivity index (χ3n) is 6.71. The number of hydrogen-bond acceptors (Lipinski definition) is 17. The highest BCUT2D eigenvalue weighted by molar-refractivity contribution is 7.14. The van der Waals surface area contributed by atoms with Gasteiger partial charge in [0.25, 0.3) is 23.2 Å². The van der Waals surface area contributed by atoms with E-state index in [1.165, 1.54) is 53.9 Å². The number of rotatable bonds is 18. The Hall–Kier alpha value is -6.59. The highest BCUT2D eigenvalue weighted by Gasteiger charge is 2.53. The van der Waals surface area contributed by atoms with E-state index < -0.39 is 82.3 Å². The van der Waals surface area contributed by atoms with Crippen molar-refractivity contribution in [1.29, 1.82) is 0 Å². The standard InChI is InChI=1S/C29H25ClN8O14S/c30-9-20(39)33-29-32-19(14-53-29)23(35-51-12-21(40)49-10-15-1-5-17(6-2-15)37(45)46)27(43)34-24-25(26(31)42)36(28(24)44)52-13-22(41)50-11-16-3-7-18(8-4-16)38(47)48/h1-8,14,24-25H,9-13H2,(H2,31,42)(H,34,43)(H,32,33,39)/t24-,25-/m0/s1. The maximum Gasteiger partial charge on any atom is 0.347 e. The Morgan fingerprint density at radius 3 is 1.98 bits per heavy atom. The molecule has 4 rings (SSSR count). The molecule has 4 amide bonds. The zero-order chi connectivity index (χ0) is 38.7. The van der Waals surface area contributed by atoms with Gasteiger partial charge in [0.1, 0.15) is 30.8 Å². The van der Waals surface area contributed by atoms with Crippen LogP contribution in [0.5, 0.6) is 0 Å². The van der Waals surface area contributed by atoms with Gasteiger partial charge in [0.05, 0.1) is 9.85 Å². The van der Waals surface area contributed by atoms with Crippen LogP contribution in [0.3, 0.4) is 0 Å². The lowest BCUT2D eigenvalue weighted by molar-refractivity contribution is -0.385. The molecule has 0 unspecified atom stereocenters. The summed E-state index contributed by atoms with van der Waals surface area (Å²) in [6, 6.07) is 7.09. The van der Waals surface area contributed by atoms with Crippen molar-refractivity contribution >= 4 is 80.7 Å². The van der Waals surface area contributed by atoms with Crippen LogP contribution in [0.2, 0.25) is 0 Å². The average Bonchev–Trinajstić information content (AvgIpc) is 3.59. The smallest absolute Gasteiger partial charge is 0.347 e. The number of nitro groups is 2. The summed E-state index contributed by atoms with van der Waals surface area (Å²) in [5.74, 6) is -6.27. The number of non-ortho nitro benzene ring substituents is 2. The molecule has 4 N–H and O–H groups in total. The number of β-lactam (4-membered cyclic amide) rings is 1. The number of halogens is 1. The van der Waals surface area contributed by atoms with Gasteiger partial charge in [-0.3, -0.25) is 44.2 Å². The molecule has 3 aromatic rings. The van der Waals surface area contributed by atoms with E-state index >= 15 is 0 Å². The number of carbonyl (C=O) groups excluding carboxylic acids is 6. The van der Waals surface area contributed by atoms with E-state index in [1.54, 1.807) is 0 Å². The second-order valence-electron chi connectivity index (χ2n) is 10.3. The summed E-state index contributed by atoms with van der Waals surface area (Å²) in [6.45, 7) is -2.26. The summed E-state index contributed by atoms with van der Waals surface area (Å²) in [7, 11) is 0. The quantitative estimate of drug-likeness (QED) is 0.0395. The number of carbonyl (C=O) groups is 6. The van der Waals surface area contributed by atoms with Gasteiger partial charge in [0.2, 0.25) is 18.4 Å². The van der Waals surface area contributed by atoms with Crippen molar-refractivity contribution in [3.05, 3.63) is 91.0 Å². The summed E-state index contributed by atoms with van der Waals surface area (Å²) in [5, 5.41) is 31.6. The van der Waals surface area contributed by atoms with Gasteiger partial charge in [0, 0.05) is 29.6 Å². The second-order valence-corrected chi connectivity index (χ2v) is 11.5. The van der Waals surface area contributed by atoms with Crippen molar-refractivity contribution in [3.63, 3.8) is 0 Å². The molecule has 1 fully saturated rings. The highest BCUT2D eigenvalue weighted by atomic mass is 35.5. The van der Waals surface area contributed by atoms with Gasteiger partial charge in [-0.05, 0) is 35.4 Å². The number of benzene rings is 2. The van der Waals surface area contributed by atoms with Crippen LogP contribution in [0.1, 0.15) is 16.8 Å². The Kier molecular flexibility index (Phi) is 13.4. The van der Waals surface area contributed by atoms with Crippen LogP contribution < -0.4 is 16.4 Å². The number of esters is 2. The molecule has 1 aliphatic rings. The fourth-order valence-electron chi connectivity index (χ4n) is 4.14. The zero-order valence-electron chi connectivity index (χ0n) is 26.7. The molecule has 2 atom stereocenters. The van der Waals surface area contributed by atoms with E-state index in [1.807, 2.05) is 0 Å². The highest BCUT2D eigenvalue weighted by Crippen LogP contribution is 2.22. The Bertz CT molecular complexity index is 1940. The van der Waals surface area contributed by atoms with E-state index in [-0.39, 0.29) is 35.4 Å². The number of hydrogen-bond donors (Lipinski definition) is 3. The molecule has 53 heavy (non-hydrogen) atoms. The first-order valence-electron chi connectivity index (χ1n) is 14.6. The predicted molar refractivity (Wildman–Crippen MR) is 177 cm³/mol. The molecule has 0 spiro atoms. The third-order valence-corrected chi connectivity index (χ3v) is 7.71. The minimum absolute atomic E-state index is 0.0107. The molecule has 2 aromatic carbocycles. The van der Waals surface area contributed by atoms with E-state index in [4.69, 9.17) is 36.5 Å². The molecule has 0 saturated carbocycles. The van der Waals surface area contributed by atoms with Crippen molar-refractivity contribution in [1.82, 2.24) is 15.4 Å². The Balaban J connectivity index is 1.37. The molecule has 1 aromatic heterocycles. The molecule has 278 valence electrons. The number of nitrogens with zero attached hydrogens (tertiary/aromatic N) is 5. The van der Waals surface area contributed by atoms with E-state index in [2.05, 4.69) is 20.8 Å². The Morgan fingerprint density at radius 2 is 1.47 bits per heavy atom. The minimum Gasteiger partial charge on any atom is -0.459 e. The molecule has 2 heterocycles. The van der Waals surface area contributed by atoms with Gasteiger partial charge in [-0.15, -0.1) is 22.9 Å². The molecule has 1 saturated heterocycles. The van der Waals surface area contributed by atoms with E-state index in [0.717, 1.165) is 11.3 Å². The lowest BCUT2D eigenvalue weighted by atomic mass is 9.97. The fraction of sp³-hybridized carbons (Fsp3) is 0.241. The lowest BCUT2D eigenvalue weighted by Gasteiger charge is -2.43. The summed E-state index contributed by atoms with van der Waals surface area (Å²) >= 11 is 6.35. The molecule has 1 aliphatic heterocycles. The van der Waals surface area contributed by atoms with Crippen LogP contribution >= 0.6 is 22.9 Å². The summed E-state index contributed by atoms with van der Waals surface area (Å²) in [4.78, 5) is 109. The zero-order valence-corrected chi connectivity index (χ0v) is 28.3. The van der Waals surface area contributed by atoms with Gasteiger partial charge in [-0.2, -0.15) is 0 Å². The molecule has 24 heteroatoms. The van der Waals surface area contributed by atoms with E-state index in [9.17, 15) is 49.0 Å². The summed E-state index contributed by atoms with van der Waals surface area (Å²) in [6.07, 6.45) is 0. The topological polar surface area (TPSA) is 304 Å². The summed E-state index contributed by atoms with van der Waals surface area (Å²) < 4.78 is 10.0. The third kappa shape index (κ3) is 10.7. The number of anilines is 1. The first-order valence-corrected chi connectivity index (χ1v) is 16.0. The van der Waals surface area contributed by atoms with Gasteiger partial charge in [0.15, 0.2) is 23.5 Å². The molecule has 22 nitrogen and oxygen atoms in total. The van der Waals surface area contributed by atoms with E-state index in [0.29, 0.717) is 16.2 Å². The number of alkyl halides is 1. The van der Waals surface area contributed by atoms with Gasteiger partial charge >= 0.3 is 11.9 Å². The van der Waals surface area contributed by atoms with Crippen molar-refractivity contribution in [2.75, 3.05) is 24.4 Å². The Morgan fingerprint density at radius 1 is 0.925 bits per heavy atom. The maximum absolute atomic E-state index is 13.4. The van der Waals surface area contributed by atoms with Gasteiger partial charge in [-0.1, -0.05) is 5.16 Å². The maximum atomic E-state index is 13.4. The number of amides is 4. The number of nitrogens with two attached hydrogens (primary N) is 1. The first kappa shape index (κ1) is 39.2. The number of hydroxylamine groups is 2. The van der Waals surface area contributed by atoms with Crippen molar-refractivity contribution in [3.8, 4) is 0 Å². The van der Waals surface area contributed by atoms with Crippen LogP contribution in [0.15, 0.2) is 59.1 Å². The molecular formula is C29H25ClN8O14S. The number of nitrogens with one attached hydrogen (secondary N) is 2. The number of oxime groups is 1. The van der Waals surface area contributed by atoms with Crippen molar-refractivity contribution in [2.45, 2.75) is 25.3 Å². The normalized spacial score (nSPS) is 15.1. The number of primary amides is 1. The predicted octanol–water partition coefficient (Wildman–Crippen LogP) is 0.457. The molecule has 0 bridgehead atoms. The van der Waals surface area contributed by atoms with Crippen LogP contribution in [0.4, 0.5) is 16.5 Å². The van der Waals surface area contributed by atoms with Crippen LogP contribution in [0.25, 0.3) is 0 Å². The van der Waals surface area contributed by atoms with Gasteiger partial charge in [-0.25, -0.2) is 19.6 Å². The monoisotopic (exact) mass is 776 g/mol. The number of nitro benzene ring substituents is 2. The molecule has 0 radical (unpaired) electrons. The molecular weight excluding hydrogens is 752 g/mol. The second kappa shape index (κ2) is 18.1. The SMILES string of the molecule is NC(=O)[C@@H]1[C@H](NC(=O)C(=NOCC(=O)OCc2ccc([N+](=O)[O-])cc2)c2csc(NC(=O)CCl)n2)C(=O)N1OCC(=O)OCc1ccc([N+](=O)[O-])cc1. The lowest BCUT2D eigenvalue weighted by Crippen LogP contribution is -2.74. The van der Waals surface area contributed by atoms with Gasteiger partial charge < -0.3 is 30.7 Å². The van der Waals surface area contributed by atoms with Crippen LogP contribution in [-0.2, 0) is 61.1 Å². The molecule has 0 aliphatic carbocycles. The largest absolute Gasteiger partial charge is 0.459 e. The fourth-order valence-corrected chi connectivity index (χ4v) is 4.92. The van der Waals surface area contributed by atoms with Crippen LogP contribution in [-0.4, -0.2) is 92.4 Å². The number of thiazole rings is 1. The first-order chi connectivity index (χ1) is 25.3. The minimum atomic E-state index is -1.62. The number of ether oxygens (including phenoxy) is 2. The van der Waals surface area contributed by atoms with Crippen molar-refractivity contribution < 1.29 is 57.8 Å². The van der Waals surface area contributed by atoms with Crippen molar-refractivity contribution in [2.24, 2.45) is 10.9 Å². The summed E-state index contributed by atoms with van der Waals surface area (Å²) in [5.41, 5.74) is 5.09.